The summed E-state index contributed by atoms with van der Waals surface area (Å²) in [6, 6.07) is 0. The fourth-order valence-electron chi connectivity index (χ4n) is 0.529. The molecule has 1 rings (SSSR count). The highest BCUT2D eigenvalue weighted by Gasteiger charge is 2.13. The second-order valence-electron chi connectivity index (χ2n) is 1.56. The van der Waals surface area contributed by atoms with Crippen LogP contribution in [0.15, 0.2) is 0 Å². The standard InChI is InChI=1S/C4H9NOS/c5-3-4-1-2-6-7-4/h4H,1-3,5H2. The van der Waals surface area contributed by atoms with Gasteiger partial charge < -0.3 is 9.92 Å². The SMILES string of the molecule is NCC1CCOS1. The fraction of sp³-hybridized carbons (Fsp3) is 1.00. The lowest BCUT2D eigenvalue weighted by molar-refractivity contribution is 0.401. The predicted molar refractivity (Wildman–Crippen MR) is 31.0 cm³/mol. The van der Waals surface area contributed by atoms with Gasteiger partial charge >= 0.3 is 0 Å². The van der Waals surface area contributed by atoms with Gasteiger partial charge in [0, 0.05) is 11.8 Å². The summed E-state index contributed by atoms with van der Waals surface area (Å²) in [7, 11) is 0. The second kappa shape index (κ2) is 2.55. The number of hydrogen-bond donors (Lipinski definition) is 1. The molecule has 0 bridgehead atoms. The van der Waals surface area contributed by atoms with Crippen molar-refractivity contribution in [2.45, 2.75) is 11.7 Å². The molecule has 3 heteroatoms. The molecule has 0 aliphatic carbocycles. The van der Waals surface area contributed by atoms with E-state index in [1.807, 2.05) is 0 Å². The van der Waals surface area contributed by atoms with Gasteiger partial charge in [-0.1, -0.05) is 0 Å². The zero-order valence-electron chi connectivity index (χ0n) is 4.09. The summed E-state index contributed by atoms with van der Waals surface area (Å²) >= 11 is 1.52. The second-order valence-corrected chi connectivity index (χ2v) is 2.66. The maximum Gasteiger partial charge on any atom is 0.0625 e. The third kappa shape index (κ3) is 1.33. The first-order chi connectivity index (χ1) is 3.43. The van der Waals surface area contributed by atoms with Crippen molar-refractivity contribution in [2.75, 3.05) is 13.2 Å². The van der Waals surface area contributed by atoms with Gasteiger partial charge in [-0.15, -0.1) is 0 Å². The molecule has 2 nitrogen and oxygen atoms in total. The van der Waals surface area contributed by atoms with Crippen LogP contribution in [0, 0.1) is 0 Å². The van der Waals surface area contributed by atoms with E-state index >= 15 is 0 Å². The molecule has 7 heavy (non-hydrogen) atoms. The van der Waals surface area contributed by atoms with Crippen LogP contribution in [-0.2, 0) is 4.18 Å². The summed E-state index contributed by atoms with van der Waals surface area (Å²) < 4.78 is 4.98. The highest BCUT2D eigenvalue weighted by atomic mass is 32.2. The van der Waals surface area contributed by atoms with Crippen molar-refractivity contribution in [3.05, 3.63) is 0 Å². The van der Waals surface area contributed by atoms with E-state index in [2.05, 4.69) is 0 Å². The molecular weight excluding hydrogens is 110 g/mol. The summed E-state index contributed by atoms with van der Waals surface area (Å²) in [5.41, 5.74) is 5.33. The van der Waals surface area contributed by atoms with Gasteiger partial charge in [-0.05, 0) is 18.5 Å². The van der Waals surface area contributed by atoms with Crippen molar-refractivity contribution >= 4 is 12.0 Å². The minimum absolute atomic E-state index is 0.569. The number of rotatable bonds is 1. The topological polar surface area (TPSA) is 35.2 Å². The molecular formula is C4H9NOS. The zero-order valence-corrected chi connectivity index (χ0v) is 4.91. The zero-order chi connectivity index (χ0) is 5.11. The third-order valence-corrected chi connectivity index (χ3v) is 1.99. The van der Waals surface area contributed by atoms with E-state index in [-0.39, 0.29) is 0 Å². The van der Waals surface area contributed by atoms with Crippen LogP contribution in [0.1, 0.15) is 6.42 Å². The first-order valence-corrected chi connectivity index (χ1v) is 3.22. The van der Waals surface area contributed by atoms with Crippen LogP contribution in [0.4, 0.5) is 0 Å². The summed E-state index contributed by atoms with van der Waals surface area (Å²) in [5.74, 6) is 0. The monoisotopic (exact) mass is 119 g/mol. The minimum Gasteiger partial charge on any atom is -0.329 e. The number of nitrogens with two attached hydrogens (primary N) is 1. The van der Waals surface area contributed by atoms with E-state index in [0.29, 0.717) is 5.25 Å². The normalized spacial score (nSPS) is 31.3. The molecule has 1 heterocycles. The van der Waals surface area contributed by atoms with Gasteiger partial charge in [0.25, 0.3) is 0 Å². The summed E-state index contributed by atoms with van der Waals surface area (Å²) in [6.45, 7) is 1.64. The highest BCUT2D eigenvalue weighted by molar-refractivity contribution is 7.95. The Bertz CT molecular complexity index is 53.7. The van der Waals surface area contributed by atoms with Crippen LogP contribution in [0.3, 0.4) is 0 Å². The molecule has 0 radical (unpaired) electrons. The Labute approximate surface area is 47.6 Å². The van der Waals surface area contributed by atoms with Crippen LogP contribution in [0.2, 0.25) is 0 Å². The smallest absolute Gasteiger partial charge is 0.0625 e. The maximum absolute atomic E-state index is 5.33. The van der Waals surface area contributed by atoms with Gasteiger partial charge in [-0.25, -0.2) is 0 Å². The molecule has 1 atom stereocenters. The van der Waals surface area contributed by atoms with E-state index in [1.54, 1.807) is 0 Å². The van der Waals surface area contributed by atoms with Crippen molar-refractivity contribution in [1.29, 1.82) is 0 Å². The molecule has 0 saturated carbocycles. The maximum atomic E-state index is 5.33. The lowest BCUT2D eigenvalue weighted by Gasteiger charge is -1.96. The fourth-order valence-corrected chi connectivity index (χ4v) is 1.19. The average Bonchev–Trinajstić information content (AvgIpc) is 2.14. The molecule has 0 aromatic heterocycles. The van der Waals surface area contributed by atoms with Gasteiger partial charge in [-0.3, -0.25) is 0 Å². The Morgan fingerprint density at radius 2 is 2.71 bits per heavy atom. The Morgan fingerprint density at radius 3 is 3.00 bits per heavy atom. The molecule has 1 saturated heterocycles. The van der Waals surface area contributed by atoms with Crippen LogP contribution < -0.4 is 5.73 Å². The Morgan fingerprint density at radius 1 is 1.86 bits per heavy atom. The highest BCUT2D eigenvalue weighted by Crippen LogP contribution is 2.22. The van der Waals surface area contributed by atoms with E-state index in [4.69, 9.17) is 9.92 Å². The van der Waals surface area contributed by atoms with E-state index in [0.717, 1.165) is 19.6 Å². The molecule has 2 N–H and O–H groups in total. The quantitative estimate of drug-likeness (QED) is 0.507. The van der Waals surface area contributed by atoms with Gasteiger partial charge in [0.2, 0.25) is 0 Å². The first kappa shape index (κ1) is 5.41. The van der Waals surface area contributed by atoms with E-state index in [1.165, 1.54) is 12.0 Å². The van der Waals surface area contributed by atoms with Crippen molar-refractivity contribution in [1.82, 2.24) is 0 Å². The van der Waals surface area contributed by atoms with Crippen molar-refractivity contribution in [3.63, 3.8) is 0 Å². The van der Waals surface area contributed by atoms with Crippen molar-refractivity contribution < 1.29 is 4.18 Å². The molecule has 0 aromatic carbocycles. The summed E-state index contributed by atoms with van der Waals surface area (Å²) in [5, 5.41) is 0.569. The molecule has 1 aliphatic rings. The predicted octanol–water partition coefficient (Wildman–Crippen LogP) is 0.382. The van der Waals surface area contributed by atoms with Crippen LogP contribution in [0.25, 0.3) is 0 Å². The molecule has 1 unspecified atom stereocenters. The molecule has 0 amide bonds. The van der Waals surface area contributed by atoms with Gasteiger partial charge in [0.1, 0.15) is 0 Å². The summed E-state index contributed by atoms with van der Waals surface area (Å²) in [4.78, 5) is 0. The van der Waals surface area contributed by atoms with Crippen molar-refractivity contribution in [2.24, 2.45) is 5.73 Å². The average molecular weight is 119 g/mol. The lowest BCUT2D eigenvalue weighted by atomic mass is 10.3. The van der Waals surface area contributed by atoms with Gasteiger partial charge in [0.15, 0.2) is 0 Å². The van der Waals surface area contributed by atoms with Crippen molar-refractivity contribution in [3.8, 4) is 0 Å². The van der Waals surface area contributed by atoms with E-state index in [9.17, 15) is 0 Å². The Balaban J connectivity index is 2.14. The number of hydrogen-bond acceptors (Lipinski definition) is 3. The van der Waals surface area contributed by atoms with E-state index < -0.39 is 0 Å². The third-order valence-electron chi connectivity index (χ3n) is 0.990. The molecule has 0 spiro atoms. The largest absolute Gasteiger partial charge is 0.329 e. The molecule has 0 aromatic rings. The van der Waals surface area contributed by atoms with Crippen LogP contribution in [-0.4, -0.2) is 18.4 Å². The molecule has 1 aliphatic heterocycles. The minimum atomic E-state index is 0.569. The van der Waals surface area contributed by atoms with Crippen LogP contribution >= 0.6 is 12.0 Å². The first-order valence-electron chi connectivity index (χ1n) is 2.42. The van der Waals surface area contributed by atoms with Crippen LogP contribution in [0.5, 0.6) is 0 Å². The lowest BCUT2D eigenvalue weighted by Crippen LogP contribution is -2.12. The van der Waals surface area contributed by atoms with Gasteiger partial charge in [0.05, 0.1) is 6.61 Å². The van der Waals surface area contributed by atoms with Gasteiger partial charge in [-0.2, -0.15) is 0 Å². The molecule has 42 valence electrons. The summed E-state index contributed by atoms with van der Waals surface area (Å²) in [6.07, 6.45) is 1.13. The Hall–Kier alpha value is 0.270. The Kier molecular flexibility index (Phi) is 1.97. The molecule has 1 fully saturated rings.